The van der Waals surface area contributed by atoms with Crippen LogP contribution in [0.1, 0.15) is 15.4 Å². The molecule has 0 fully saturated rings. The maximum atomic E-state index is 11.8. The molecular weight excluding hydrogens is 342 g/mol. The summed E-state index contributed by atoms with van der Waals surface area (Å²) in [6, 6.07) is 15.2. The Hall–Kier alpha value is -2.77. The van der Waals surface area contributed by atoms with Gasteiger partial charge in [0.2, 0.25) is 0 Å². The molecule has 0 bridgehead atoms. The first kappa shape index (κ1) is 14.8. The third-order valence-electron chi connectivity index (χ3n) is 3.23. The van der Waals surface area contributed by atoms with E-state index in [-0.39, 0.29) is 5.91 Å². The van der Waals surface area contributed by atoms with Crippen molar-refractivity contribution in [2.45, 2.75) is 0 Å². The van der Waals surface area contributed by atoms with Gasteiger partial charge in [0.1, 0.15) is 5.76 Å². The standard InChI is InChI=1S/C17H11N3O2S2/c21-16(15-6-3-9-23-15)20-18-10-11-7-8-13(22-11)17-19-12-4-1-2-5-14(12)24-17/h1-10H,(H,20,21)/b18-10-. The molecule has 3 aromatic heterocycles. The van der Waals surface area contributed by atoms with Gasteiger partial charge in [-0.1, -0.05) is 18.2 Å². The minimum absolute atomic E-state index is 0.237. The van der Waals surface area contributed by atoms with Crippen molar-refractivity contribution >= 4 is 45.0 Å². The lowest BCUT2D eigenvalue weighted by Gasteiger charge is -1.94. The highest BCUT2D eigenvalue weighted by atomic mass is 32.1. The Labute approximate surface area is 145 Å². The molecule has 24 heavy (non-hydrogen) atoms. The Bertz CT molecular complexity index is 983. The summed E-state index contributed by atoms with van der Waals surface area (Å²) in [7, 11) is 0. The van der Waals surface area contributed by atoms with Crippen LogP contribution in [0.5, 0.6) is 0 Å². The molecular formula is C17H11N3O2S2. The summed E-state index contributed by atoms with van der Waals surface area (Å²) in [5, 5.41) is 6.58. The molecule has 0 aliphatic rings. The van der Waals surface area contributed by atoms with E-state index in [1.807, 2.05) is 41.8 Å². The molecule has 0 spiro atoms. The number of carbonyl (C=O) groups is 1. The first-order valence-corrected chi connectivity index (χ1v) is 8.82. The van der Waals surface area contributed by atoms with Crippen molar-refractivity contribution in [1.82, 2.24) is 10.4 Å². The Balaban J connectivity index is 1.48. The zero-order valence-electron chi connectivity index (χ0n) is 12.3. The number of aromatic nitrogens is 1. The summed E-state index contributed by atoms with van der Waals surface area (Å²) in [4.78, 5) is 16.9. The van der Waals surface area contributed by atoms with Crippen LogP contribution in [0.25, 0.3) is 21.0 Å². The molecule has 0 aliphatic heterocycles. The molecule has 4 rings (SSSR count). The van der Waals surface area contributed by atoms with E-state index in [1.165, 1.54) is 17.6 Å². The Morgan fingerprint density at radius 3 is 2.92 bits per heavy atom. The van der Waals surface area contributed by atoms with Crippen LogP contribution < -0.4 is 5.43 Å². The minimum Gasteiger partial charge on any atom is -0.453 e. The molecule has 7 heteroatoms. The number of para-hydroxylation sites is 1. The number of amides is 1. The zero-order valence-corrected chi connectivity index (χ0v) is 13.9. The van der Waals surface area contributed by atoms with Crippen LogP contribution in [0.2, 0.25) is 0 Å². The number of furan rings is 1. The summed E-state index contributed by atoms with van der Waals surface area (Å²) in [5.74, 6) is 0.997. The smallest absolute Gasteiger partial charge is 0.281 e. The monoisotopic (exact) mass is 353 g/mol. The first-order chi connectivity index (χ1) is 11.8. The summed E-state index contributed by atoms with van der Waals surface area (Å²) in [6.45, 7) is 0. The van der Waals surface area contributed by atoms with Crippen LogP contribution in [0.3, 0.4) is 0 Å². The minimum atomic E-state index is -0.237. The van der Waals surface area contributed by atoms with Crippen molar-refractivity contribution < 1.29 is 9.21 Å². The highest BCUT2D eigenvalue weighted by molar-refractivity contribution is 7.21. The van der Waals surface area contributed by atoms with Crippen LogP contribution >= 0.6 is 22.7 Å². The van der Waals surface area contributed by atoms with E-state index >= 15 is 0 Å². The fourth-order valence-corrected chi connectivity index (χ4v) is 3.67. The first-order valence-electron chi connectivity index (χ1n) is 7.12. The average Bonchev–Trinajstić information content (AvgIpc) is 3.33. The fourth-order valence-electron chi connectivity index (χ4n) is 2.13. The SMILES string of the molecule is O=C(N/N=C\c1ccc(-c2nc3ccccc3s2)o1)c1cccs1. The van der Waals surface area contributed by atoms with Gasteiger partial charge in [0.15, 0.2) is 10.8 Å². The number of nitrogens with one attached hydrogen (secondary N) is 1. The number of hydrazone groups is 1. The molecule has 1 aromatic carbocycles. The summed E-state index contributed by atoms with van der Waals surface area (Å²) >= 11 is 2.94. The molecule has 1 N–H and O–H groups in total. The summed E-state index contributed by atoms with van der Waals surface area (Å²) in [6.07, 6.45) is 1.47. The molecule has 118 valence electrons. The lowest BCUT2D eigenvalue weighted by molar-refractivity contribution is 0.0959. The van der Waals surface area contributed by atoms with Gasteiger partial charge in [-0.25, -0.2) is 10.4 Å². The Morgan fingerprint density at radius 2 is 2.08 bits per heavy atom. The van der Waals surface area contributed by atoms with E-state index in [9.17, 15) is 4.79 Å². The fraction of sp³-hybridized carbons (Fsp3) is 0. The molecule has 0 unspecified atom stereocenters. The van der Waals surface area contributed by atoms with Crippen LogP contribution in [-0.2, 0) is 0 Å². The third kappa shape index (κ3) is 2.99. The number of hydrogen-bond acceptors (Lipinski definition) is 6. The normalized spacial score (nSPS) is 11.3. The Morgan fingerprint density at radius 1 is 1.17 bits per heavy atom. The number of thiazole rings is 1. The number of hydrogen-bond donors (Lipinski definition) is 1. The molecule has 3 heterocycles. The van der Waals surface area contributed by atoms with Crippen molar-refractivity contribution in [2.75, 3.05) is 0 Å². The molecule has 0 atom stereocenters. The molecule has 5 nitrogen and oxygen atoms in total. The largest absolute Gasteiger partial charge is 0.453 e. The second-order valence-electron chi connectivity index (χ2n) is 4.87. The summed E-state index contributed by atoms with van der Waals surface area (Å²) < 4.78 is 6.83. The number of nitrogens with zero attached hydrogens (tertiary/aromatic N) is 2. The van der Waals surface area contributed by atoms with Gasteiger partial charge in [0.25, 0.3) is 5.91 Å². The maximum absolute atomic E-state index is 11.8. The average molecular weight is 353 g/mol. The second kappa shape index (κ2) is 6.38. The molecule has 0 saturated carbocycles. The van der Waals surface area contributed by atoms with Gasteiger partial charge in [0, 0.05) is 0 Å². The van der Waals surface area contributed by atoms with Crippen molar-refractivity contribution in [3.8, 4) is 10.8 Å². The van der Waals surface area contributed by atoms with Crippen molar-refractivity contribution in [3.63, 3.8) is 0 Å². The van der Waals surface area contributed by atoms with Crippen LogP contribution in [-0.4, -0.2) is 17.1 Å². The van der Waals surface area contributed by atoms with Gasteiger partial charge in [-0.3, -0.25) is 4.79 Å². The lowest BCUT2D eigenvalue weighted by Crippen LogP contribution is -2.15. The number of thiophene rings is 1. The molecule has 0 aliphatic carbocycles. The van der Waals surface area contributed by atoms with E-state index in [2.05, 4.69) is 15.5 Å². The van der Waals surface area contributed by atoms with Gasteiger partial charge >= 0.3 is 0 Å². The predicted octanol–water partition coefficient (Wildman–Crippen LogP) is 4.38. The van der Waals surface area contributed by atoms with Crippen LogP contribution in [0.4, 0.5) is 0 Å². The predicted molar refractivity (Wildman–Crippen MR) is 96.7 cm³/mol. The quantitative estimate of drug-likeness (QED) is 0.437. The van der Waals surface area contributed by atoms with Gasteiger partial charge in [-0.15, -0.1) is 22.7 Å². The second-order valence-corrected chi connectivity index (χ2v) is 6.84. The van der Waals surface area contributed by atoms with Gasteiger partial charge in [-0.05, 0) is 35.7 Å². The van der Waals surface area contributed by atoms with Crippen molar-refractivity contribution in [2.24, 2.45) is 5.10 Å². The van der Waals surface area contributed by atoms with E-state index in [1.54, 1.807) is 23.5 Å². The van der Waals surface area contributed by atoms with Crippen LogP contribution in [0.15, 0.2) is 63.4 Å². The van der Waals surface area contributed by atoms with Crippen molar-refractivity contribution in [3.05, 3.63) is 64.5 Å². The summed E-state index contributed by atoms with van der Waals surface area (Å²) in [5.41, 5.74) is 3.42. The molecule has 0 saturated heterocycles. The topological polar surface area (TPSA) is 67.5 Å². The molecule has 4 aromatic rings. The van der Waals surface area contributed by atoms with E-state index in [4.69, 9.17) is 4.42 Å². The van der Waals surface area contributed by atoms with Crippen LogP contribution in [0, 0.1) is 0 Å². The number of rotatable bonds is 4. The third-order valence-corrected chi connectivity index (χ3v) is 5.15. The zero-order chi connectivity index (χ0) is 16.4. The Kier molecular flexibility index (Phi) is 3.94. The van der Waals surface area contributed by atoms with Gasteiger partial charge in [0.05, 0.1) is 21.3 Å². The van der Waals surface area contributed by atoms with E-state index < -0.39 is 0 Å². The number of carbonyl (C=O) groups excluding carboxylic acids is 1. The van der Waals surface area contributed by atoms with Crippen molar-refractivity contribution in [1.29, 1.82) is 0 Å². The number of fused-ring (bicyclic) bond motifs is 1. The highest BCUT2D eigenvalue weighted by Crippen LogP contribution is 2.30. The molecule has 0 radical (unpaired) electrons. The van der Waals surface area contributed by atoms with Gasteiger partial charge < -0.3 is 4.42 Å². The van der Waals surface area contributed by atoms with E-state index in [0.29, 0.717) is 16.4 Å². The van der Waals surface area contributed by atoms with Gasteiger partial charge in [-0.2, -0.15) is 5.10 Å². The lowest BCUT2D eigenvalue weighted by atomic mass is 10.3. The maximum Gasteiger partial charge on any atom is 0.281 e. The number of benzene rings is 1. The van der Waals surface area contributed by atoms with E-state index in [0.717, 1.165) is 15.2 Å². The molecule has 1 amide bonds. The highest BCUT2D eigenvalue weighted by Gasteiger charge is 2.10.